The molecular formula is C10H19N3O3. The van der Waals surface area contributed by atoms with E-state index in [9.17, 15) is 9.59 Å². The maximum atomic E-state index is 11.5. The minimum Gasteiger partial charge on any atom is -0.378 e. The molecule has 2 atom stereocenters. The second-order valence-electron chi connectivity index (χ2n) is 4.07. The molecule has 6 heteroatoms. The Morgan fingerprint density at radius 1 is 1.62 bits per heavy atom. The number of rotatable bonds is 5. The molecule has 0 saturated carbocycles. The van der Waals surface area contributed by atoms with Crippen LogP contribution in [0.1, 0.15) is 19.8 Å². The molecule has 6 nitrogen and oxygen atoms in total. The van der Waals surface area contributed by atoms with Crippen molar-refractivity contribution in [1.82, 2.24) is 10.6 Å². The van der Waals surface area contributed by atoms with E-state index in [4.69, 9.17) is 10.5 Å². The van der Waals surface area contributed by atoms with E-state index in [1.54, 1.807) is 6.92 Å². The summed E-state index contributed by atoms with van der Waals surface area (Å²) in [6, 6.07) is -0.149. The van der Waals surface area contributed by atoms with Gasteiger partial charge in [0.2, 0.25) is 11.8 Å². The molecule has 1 aliphatic heterocycles. The van der Waals surface area contributed by atoms with Gasteiger partial charge >= 0.3 is 0 Å². The molecular weight excluding hydrogens is 210 g/mol. The number of ether oxygens (including phenoxy) is 1. The first-order valence-corrected chi connectivity index (χ1v) is 5.46. The van der Waals surface area contributed by atoms with Gasteiger partial charge in [0.15, 0.2) is 0 Å². The Balaban J connectivity index is 2.21. The Morgan fingerprint density at radius 3 is 2.94 bits per heavy atom. The summed E-state index contributed by atoms with van der Waals surface area (Å²) >= 11 is 0. The lowest BCUT2D eigenvalue weighted by Gasteiger charge is -2.23. The van der Waals surface area contributed by atoms with Crippen LogP contribution in [-0.4, -0.2) is 43.7 Å². The van der Waals surface area contributed by atoms with Crippen LogP contribution in [0.2, 0.25) is 0 Å². The van der Waals surface area contributed by atoms with Gasteiger partial charge < -0.3 is 21.1 Å². The molecule has 0 radical (unpaired) electrons. The van der Waals surface area contributed by atoms with Crippen LogP contribution in [0.5, 0.6) is 0 Å². The molecule has 0 aromatic heterocycles. The Morgan fingerprint density at radius 2 is 2.38 bits per heavy atom. The molecule has 0 aliphatic carbocycles. The number of nitrogens with one attached hydrogen (secondary N) is 2. The zero-order valence-electron chi connectivity index (χ0n) is 9.49. The van der Waals surface area contributed by atoms with Crippen molar-refractivity contribution >= 4 is 11.8 Å². The molecule has 1 fully saturated rings. The Hall–Kier alpha value is -1.14. The fourth-order valence-electron chi connectivity index (χ4n) is 1.66. The van der Waals surface area contributed by atoms with E-state index in [1.165, 1.54) is 0 Å². The van der Waals surface area contributed by atoms with Gasteiger partial charge in [0.05, 0.1) is 13.2 Å². The van der Waals surface area contributed by atoms with Gasteiger partial charge in [-0.25, -0.2) is 0 Å². The molecule has 1 aliphatic rings. The Kier molecular flexibility index (Phi) is 5.21. The lowest BCUT2D eigenvalue weighted by Crippen LogP contribution is -2.45. The molecule has 0 aromatic carbocycles. The van der Waals surface area contributed by atoms with Gasteiger partial charge in [0.1, 0.15) is 0 Å². The normalized spacial score (nSPS) is 22.4. The third-order valence-corrected chi connectivity index (χ3v) is 2.35. The first kappa shape index (κ1) is 12.9. The van der Waals surface area contributed by atoms with E-state index in [2.05, 4.69) is 10.6 Å². The maximum Gasteiger partial charge on any atom is 0.221 e. The molecule has 0 spiro atoms. The molecule has 16 heavy (non-hydrogen) atoms. The summed E-state index contributed by atoms with van der Waals surface area (Å²) in [4.78, 5) is 22.2. The topological polar surface area (TPSA) is 93.5 Å². The highest BCUT2D eigenvalue weighted by atomic mass is 16.5. The maximum absolute atomic E-state index is 11.5. The second kappa shape index (κ2) is 6.44. The lowest BCUT2D eigenvalue weighted by atomic mass is 10.1. The van der Waals surface area contributed by atoms with Gasteiger partial charge in [-0.05, 0) is 6.92 Å². The van der Waals surface area contributed by atoms with Crippen LogP contribution in [0.25, 0.3) is 0 Å². The smallest absolute Gasteiger partial charge is 0.221 e. The molecule has 1 rings (SSSR count). The fraction of sp³-hybridized carbons (Fsp3) is 0.800. The fourth-order valence-corrected chi connectivity index (χ4v) is 1.66. The lowest BCUT2D eigenvalue weighted by molar-refractivity contribution is -0.123. The van der Waals surface area contributed by atoms with Crippen molar-refractivity contribution in [2.24, 2.45) is 5.73 Å². The first-order valence-electron chi connectivity index (χ1n) is 5.46. The minimum absolute atomic E-state index is 0.0644. The van der Waals surface area contributed by atoms with E-state index in [0.717, 1.165) is 6.54 Å². The second-order valence-corrected chi connectivity index (χ2v) is 4.07. The average molecular weight is 229 g/mol. The van der Waals surface area contributed by atoms with E-state index >= 15 is 0 Å². The van der Waals surface area contributed by atoms with Crippen LogP contribution in [0.3, 0.4) is 0 Å². The number of carbonyl (C=O) groups is 2. The van der Waals surface area contributed by atoms with Crippen molar-refractivity contribution in [2.75, 3.05) is 19.8 Å². The quantitative estimate of drug-likeness (QED) is 0.549. The summed E-state index contributed by atoms with van der Waals surface area (Å²) in [6.45, 7) is 3.77. The summed E-state index contributed by atoms with van der Waals surface area (Å²) in [6.07, 6.45) is 0.531. The number of hydrogen-bond acceptors (Lipinski definition) is 4. The van der Waals surface area contributed by atoms with Crippen LogP contribution < -0.4 is 16.4 Å². The molecule has 0 bridgehead atoms. The van der Waals surface area contributed by atoms with Crippen LogP contribution in [-0.2, 0) is 14.3 Å². The number of morpholine rings is 1. The molecule has 92 valence electrons. The van der Waals surface area contributed by atoms with Crippen molar-refractivity contribution in [3.63, 3.8) is 0 Å². The van der Waals surface area contributed by atoms with Crippen LogP contribution in [0.4, 0.5) is 0 Å². The molecule has 2 unspecified atom stereocenters. The van der Waals surface area contributed by atoms with Gasteiger partial charge in [0.25, 0.3) is 0 Å². The van der Waals surface area contributed by atoms with Gasteiger partial charge in [-0.1, -0.05) is 0 Å². The van der Waals surface area contributed by atoms with Gasteiger partial charge in [-0.15, -0.1) is 0 Å². The highest BCUT2D eigenvalue weighted by molar-refractivity contribution is 5.79. The molecule has 1 saturated heterocycles. The third kappa shape index (κ3) is 5.09. The van der Waals surface area contributed by atoms with Crippen LogP contribution >= 0.6 is 0 Å². The predicted molar refractivity (Wildman–Crippen MR) is 58.6 cm³/mol. The highest BCUT2D eigenvalue weighted by Crippen LogP contribution is 1.99. The number of amides is 2. The minimum atomic E-state index is -0.410. The average Bonchev–Trinajstić information content (AvgIpc) is 2.17. The van der Waals surface area contributed by atoms with E-state index in [0.29, 0.717) is 19.6 Å². The largest absolute Gasteiger partial charge is 0.378 e. The molecule has 1 heterocycles. The number of hydrogen-bond donors (Lipinski definition) is 3. The van der Waals surface area contributed by atoms with Gasteiger partial charge in [-0.3, -0.25) is 9.59 Å². The summed E-state index contributed by atoms with van der Waals surface area (Å²) in [5, 5.41) is 5.91. The predicted octanol–water partition coefficient (Wildman–Crippen LogP) is -1.25. The molecule has 2 amide bonds. The van der Waals surface area contributed by atoms with Crippen molar-refractivity contribution in [1.29, 1.82) is 0 Å². The van der Waals surface area contributed by atoms with Crippen molar-refractivity contribution < 1.29 is 14.3 Å². The molecule has 0 aromatic rings. The molecule has 4 N–H and O–H groups in total. The Bertz CT molecular complexity index is 252. The highest BCUT2D eigenvalue weighted by Gasteiger charge is 2.18. The number of carbonyl (C=O) groups excluding carboxylic acids is 2. The first-order chi connectivity index (χ1) is 7.58. The summed E-state index contributed by atoms with van der Waals surface area (Å²) in [7, 11) is 0. The van der Waals surface area contributed by atoms with Crippen molar-refractivity contribution in [3.05, 3.63) is 0 Å². The summed E-state index contributed by atoms with van der Waals surface area (Å²) < 4.78 is 5.24. The zero-order chi connectivity index (χ0) is 12.0. The summed E-state index contributed by atoms with van der Waals surface area (Å²) in [5.41, 5.74) is 5.03. The van der Waals surface area contributed by atoms with E-state index in [1.807, 2.05) is 0 Å². The monoisotopic (exact) mass is 229 g/mol. The zero-order valence-corrected chi connectivity index (χ0v) is 9.49. The summed E-state index contributed by atoms with van der Waals surface area (Å²) in [5.74, 6) is -0.497. The van der Waals surface area contributed by atoms with Crippen LogP contribution in [0, 0.1) is 0 Å². The van der Waals surface area contributed by atoms with Crippen LogP contribution in [0.15, 0.2) is 0 Å². The standard InChI is InChI=1S/C10H19N3O3/c1-7(4-9(11)14)13-10(15)5-8-6-16-3-2-12-8/h7-8,12H,2-6H2,1H3,(H2,11,14)(H,13,15). The van der Waals surface area contributed by atoms with Crippen molar-refractivity contribution in [2.45, 2.75) is 31.8 Å². The SMILES string of the molecule is CC(CC(N)=O)NC(=O)CC1COCCN1. The number of primary amides is 1. The van der Waals surface area contributed by atoms with Gasteiger partial charge in [-0.2, -0.15) is 0 Å². The van der Waals surface area contributed by atoms with Gasteiger partial charge in [0, 0.05) is 31.5 Å². The third-order valence-electron chi connectivity index (χ3n) is 2.35. The van der Waals surface area contributed by atoms with E-state index < -0.39 is 5.91 Å². The van der Waals surface area contributed by atoms with E-state index in [-0.39, 0.29) is 24.4 Å². The van der Waals surface area contributed by atoms with Crippen molar-refractivity contribution in [3.8, 4) is 0 Å². The number of nitrogens with two attached hydrogens (primary N) is 1. The Labute approximate surface area is 94.9 Å².